The predicted octanol–water partition coefficient (Wildman–Crippen LogP) is -0.995. The number of aliphatic hydroxyl groups is 1. The second-order valence-corrected chi connectivity index (χ2v) is 7.74. The Morgan fingerprint density at radius 1 is 1.29 bits per heavy atom. The zero-order valence-corrected chi connectivity index (χ0v) is 9.79. The predicted molar refractivity (Wildman–Crippen MR) is 45.6 cm³/mol. The molecule has 0 aromatic carbocycles. The Balaban J connectivity index is 5.08. The highest BCUT2D eigenvalue weighted by Crippen LogP contribution is 2.63. The zero-order chi connectivity index (χ0) is 11.6. The molecule has 0 aromatic heterocycles. The molecule has 0 aliphatic heterocycles. The molecule has 0 radical (unpaired) electrons. The van der Waals surface area contributed by atoms with Crippen LogP contribution >= 0.6 is 15.0 Å². The van der Waals surface area contributed by atoms with Gasteiger partial charge in [-0.05, 0) is 20.7 Å². The van der Waals surface area contributed by atoms with Crippen molar-refractivity contribution in [3.63, 3.8) is 0 Å². The van der Waals surface area contributed by atoms with Crippen molar-refractivity contribution in [2.45, 2.75) is 31.3 Å². The van der Waals surface area contributed by atoms with E-state index < -0.39 is 26.5 Å². The van der Waals surface area contributed by atoms with Crippen molar-refractivity contribution in [3.8, 4) is 0 Å². The molecule has 0 bridgehead atoms. The topological polar surface area (TPSA) is 124 Å². The van der Waals surface area contributed by atoms with Gasteiger partial charge >= 0.3 is 0 Å². The molecule has 6 nitrogen and oxygen atoms in total. The molecule has 0 amide bonds. The molecule has 2 atom stereocenters. The average molecular weight is 243 g/mol. The first-order chi connectivity index (χ1) is 6.06. The molecule has 2 unspecified atom stereocenters. The molecule has 0 aliphatic carbocycles. The van der Waals surface area contributed by atoms with E-state index in [4.69, 9.17) is 0 Å². The molecule has 8 heteroatoms. The van der Waals surface area contributed by atoms with Gasteiger partial charge in [0, 0.05) is 7.37 Å². The summed E-state index contributed by atoms with van der Waals surface area (Å²) in [6, 6.07) is 0. The summed E-state index contributed by atoms with van der Waals surface area (Å²) < 4.78 is 21.7. The van der Waals surface area contributed by atoms with E-state index in [1.807, 2.05) is 0 Å². The normalized spacial score (nSPS) is 21.3. The van der Waals surface area contributed by atoms with Crippen molar-refractivity contribution >= 4 is 15.0 Å². The van der Waals surface area contributed by atoms with E-state index in [1.54, 1.807) is 6.92 Å². The summed E-state index contributed by atoms with van der Waals surface area (Å²) >= 11 is 0. The van der Waals surface area contributed by atoms with Crippen molar-refractivity contribution in [2.75, 3.05) is 6.66 Å². The Morgan fingerprint density at radius 2 is 1.71 bits per heavy atom. The number of unbranched alkanes of at least 4 members (excludes halogenated alkanes) is 1. The van der Waals surface area contributed by atoms with E-state index in [0.29, 0.717) is 13.1 Å². The van der Waals surface area contributed by atoms with Crippen LogP contribution in [0.1, 0.15) is 26.2 Å². The van der Waals surface area contributed by atoms with Crippen molar-refractivity contribution in [3.05, 3.63) is 0 Å². The van der Waals surface area contributed by atoms with Crippen LogP contribution in [0.5, 0.6) is 0 Å². The van der Waals surface area contributed by atoms with E-state index in [2.05, 4.69) is 0 Å². The summed E-state index contributed by atoms with van der Waals surface area (Å²) in [6.45, 7) is 2.25. The molecule has 0 spiro atoms. The monoisotopic (exact) mass is 243 g/mol. The van der Waals surface area contributed by atoms with E-state index in [-0.39, 0.29) is 6.42 Å². The third-order valence-corrected chi connectivity index (χ3v) is 6.41. The van der Waals surface area contributed by atoms with Gasteiger partial charge in [-0.1, -0.05) is 19.8 Å². The third kappa shape index (κ3) is 2.89. The molecule has 86 valence electrons. The molecule has 0 saturated carbocycles. The summed E-state index contributed by atoms with van der Waals surface area (Å²) in [5.41, 5.74) is 0. The van der Waals surface area contributed by atoms with Crippen LogP contribution in [0.25, 0.3) is 0 Å². The van der Waals surface area contributed by atoms with Crippen LogP contribution in [0.2, 0.25) is 0 Å². The summed E-state index contributed by atoms with van der Waals surface area (Å²) in [6.07, 6.45) is 0.0818. The molecule has 0 aromatic rings. The van der Waals surface area contributed by atoms with Gasteiger partial charge in [0.2, 0.25) is 0 Å². The SMILES string of the molecule is CCCCC(O)(P(C)(=O)[O-])P(=O)([O-])[O-]. The highest BCUT2D eigenvalue weighted by atomic mass is 31.2. The molecular weight excluding hydrogens is 230 g/mol. The summed E-state index contributed by atoms with van der Waals surface area (Å²) in [4.78, 5) is 32.3. The van der Waals surface area contributed by atoms with E-state index in [0.717, 1.165) is 0 Å². The minimum atomic E-state index is -5.56. The Morgan fingerprint density at radius 3 is 1.93 bits per heavy atom. The summed E-state index contributed by atoms with van der Waals surface area (Å²) in [5, 5.41) is 6.22. The minimum absolute atomic E-state index is 0.158. The van der Waals surface area contributed by atoms with Gasteiger partial charge in [-0.2, -0.15) is 0 Å². The second kappa shape index (κ2) is 4.44. The van der Waals surface area contributed by atoms with Gasteiger partial charge in [0.05, 0.1) is 0 Å². The molecule has 0 heterocycles. The van der Waals surface area contributed by atoms with Gasteiger partial charge in [-0.15, -0.1) is 0 Å². The molecule has 1 N–H and O–H groups in total. The number of rotatable bonds is 5. The lowest BCUT2D eigenvalue weighted by Gasteiger charge is -2.51. The molecule has 14 heavy (non-hydrogen) atoms. The largest absolute Gasteiger partial charge is 0.808 e. The van der Waals surface area contributed by atoms with Crippen LogP contribution in [0, 0.1) is 0 Å². The highest BCUT2D eigenvalue weighted by molar-refractivity contribution is 7.72. The molecule has 0 fully saturated rings. The van der Waals surface area contributed by atoms with Gasteiger partial charge in [0.15, 0.2) is 0 Å². The standard InChI is InChI=1S/C6H16O6P2/c1-3-4-5-6(7,13(2,8)9)14(10,11)12/h7H,3-5H2,1-2H3,(H,8,9)(H2,10,11,12)/p-3. The number of hydrogen-bond acceptors (Lipinski definition) is 6. The van der Waals surface area contributed by atoms with Crippen LogP contribution in [0.4, 0.5) is 0 Å². The second-order valence-electron chi connectivity index (χ2n) is 3.22. The maximum atomic E-state index is 11.0. The first kappa shape index (κ1) is 14.3. The number of hydrogen-bond donors (Lipinski definition) is 1. The van der Waals surface area contributed by atoms with Gasteiger partial charge in [0.1, 0.15) is 5.08 Å². The minimum Gasteiger partial charge on any atom is -0.808 e. The molecule has 0 rings (SSSR count). The van der Waals surface area contributed by atoms with Gasteiger partial charge in [0.25, 0.3) is 0 Å². The van der Waals surface area contributed by atoms with Gasteiger partial charge < -0.3 is 28.9 Å². The Labute approximate surface area is 82.6 Å². The first-order valence-corrected chi connectivity index (χ1v) is 7.71. The quantitative estimate of drug-likeness (QED) is 0.618. The van der Waals surface area contributed by atoms with Crippen molar-refractivity contribution in [1.82, 2.24) is 0 Å². The average Bonchev–Trinajstić information content (AvgIpc) is 1.95. The van der Waals surface area contributed by atoms with Crippen molar-refractivity contribution in [2.24, 2.45) is 0 Å². The Bertz CT molecular complexity index is 254. The van der Waals surface area contributed by atoms with Crippen LogP contribution in [-0.2, 0) is 9.13 Å². The van der Waals surface area contributed by atoms with Gasteiger partial charge in [-0.3, -0.25) is 0 Å². The Kier molecular flexibility index (Phi) is 4.53. The lowest BCUT2D eigenvalue weighted by Crippen LogP contribution is -2.41. The van der Waals surface area contributed by atoms with Crippen LogP contribution in [0.3, 0.4) is 0 Å². The van der Waals surface area contributed by atoms with Crippen LogP contribution < -0.4 is 14.7 Å². The molecular formula is C6H13O6P2-3. The summed E-state index contributed by atoms with van der Waals surface area (Å²) in [7, 11) is -10.2. The summed E-state index contributed by atoms with van der Waals surface area (Å²) in [5.74, 6) is 0. The molecule has 0 aliphatic rings. The fraction of sp³-hybridized carbons (Fsp3) is 1.00. The maximum absolute atomic E-state index is 11.0. The van der Waals surface area contributed by atoms with E-state index in [9.17, 15) is 28.9 Å². The van der Waals surface area contributed by atoms with Crippen molar-refractivity contribution < 1.29 is 28.9 Å². The zero-order valence-electron chi connectivity index (χ0n) is 8.00. The fourth-order valence-electron chi connectivity index (χ4n) is 0.976. The maximum Gasteiger partial charge on any atom is 0.130 e. The fourth-order valence-corrected chi connectivity index (χ4v) is 3.75. The lowest BCUT2D eigenvalue weighted by molar-refractivity contribution is -0.327. The van der Waals surface area contributed by atoms with Gasteiger partial charge in [-0.25, -0.2) is 0 Å². The lowest BCUT2D eigenvalue weighted by atomic mass is 10.3. The van der Waals surface area contributed by atoms with E-state index >= 15 is 0 Å². The highest BCUT2D eigenvalue weighted by Gasteiger charge is 2.38. The third-order valence-electron chi connectivity index (χ3n) is 1.95. The Hall–Kier alpha value is 0.300. The first-order valence-electron chi connectivity index (χ1n) is 4.09. The smallest absolute Gasteiger partial charge is 0.130 e. The van der Waals surface area contributed by atoms with Crippen LogP contribution in [0.15, 0.2) is 0 Å². The van der Waals surface area contributed by atoms with Crippen LogP contribution in [-0.4, -0.2) is 16.9 Å². The molecule has 0 saturated heterocycles. The van der Waals surface area contributed by atoms with E-state index in [1.165, 1.54) is 0 Å². The van der Waals surface area contributed by atoms with Crippen molar-refractivity contribution in [1.29, 1.82) is 0 Å².